The van der Waals surface area contributed by atoms with Crippen molar-refractivity contribution >= 4 is 21.8 Å². The molecule has 0 aliphatic carbocycles. The molecule has 0 rings (SSSR count). The third-order valence-electron chi connectivity index (χ3n) is 3.23. The SMILES string of the molecule is CCCCCCCCCC(=O)NCC(Br)C(C)C. The fraction of sp³-hybridized carbons (Fsp3) is 0.933. The van der Waals surface area contributed by atoms with Crippen molar-refractivity contribution in [1.82, 2.24) is 5.32 Å². The molecule has 0 aromatic rings. The van der Waals surface area contributed by atoms with E-state index in [2.05, 4.69) is 42.0 Å². The first kappa shape index (κ1) is 17.9. The van der Waals surface area contributed by atoms with Crippen molar-refractivity contribution < 1.29 is 4.79 Å². The summed E-state index contributed by atoms with van der Waals surface area (Å²) in [5, 5.41) is 2.99. The van der Waals surface area contributed by atoms with Crippen LogP contribution in [0.1, 0.15) is 72.1 Å². The number of hydrogen-bond donors (Lipinski definition) is 1. The molecule has 0 aliphatic heterocycles. The summed E-state index contributed by atoms with van der Waals surface area (Å²) >= 11 is 3.57. The fourth-order valence-electron chi connectivity index (χ4n) is 1.78. The van der Waals surface area contributed by atoms with Gasteiger partial charge in [0.15, 0.2) is 0 Å². The molecule has 108 valence electrons. The summed E-state index contributed by atoms with van der Waals surface area (Å²) in [7, 11) is 0. The Morgan fingerprint density at radius 1 is 1.06 bits per heavy atom. The van der Waals surface area contributed by atoms with Crippen LogP contribution in [0.5, 0.6) is 0 Å². The molecular formula is C15H30BrNO. The molecule has 0 aliphatic rings. The maximum Gasteiger partial charge on any atom is 0.220 e. The quantitative estimate of drug-likeness (QED) is 0.435. The lowest BCUT2D eigenvalue weighted by atomic mass is 10.1. The van der Waals surface area contributed by atoms with Gasteiger partial charge in [-0.1, -0.05) is 75.2 Å². The minimum Gasteiger partial charge on any atom is -0.355 e. The number of hydrogen-bond acceptors (Lipinski definition) is 1. The van der Waals surface area contributed by atoms with Crippen molar-refractivity contribution in [2.75, 3.05) is 6.54 Å². The number of carbonyl (C=O) groups excluding carboxylic acids is 1. The summed E-state index contributed by atoms with van der Waals surface area (Å²) in [6.45, 7) is 7.29. The lowest BCUT2D eigenvalue weighted by molar-refractivity contribution is -0.121. The van der Waals surface area contributed by atoms with Crippen LogP contribution in [0.4, 0.5) is 0 Å². The van der Waals surface area contributed by atoms with E-state index in [1.165, 1.54) is 38.5 Å². The van der Waals surface area contributed by atoms with Gasteiger partial charge in [0.05, 0.1) is 0 Å². The second kappa shape index (κ2) is 12.0. The molecule has 0 spiro atoms. The highest BCUT2D eigenvalue weighted by Gasteiger charge is 2.10. The highest BCUT2D eigenvalue weighted by atomic mass is 79.9. The zero-order chi connectivity index (χ0) is 13.8. The van der Waals surface area contributed by atoms with E-state index in [1.54, 1.807) is 0 Å². The van der Waals surface area contributed by atoms with Crippen LogP contribution in [0.3, 0.4) is 0 Å². The number of halogens is 1. The van der Waals surface area contributed by atoms with Crippen LogP contribution in [0.25, 0.3) is 0 Å². The van der Waals surface area contributed by atoms with Crippen molar-refractivity contribution in [3.8, 4) is 0 Å². The van der Waals surface area contributed by atoms with E-state index < -0.39 is 0 Å². The molecule has 0 saturated carbocycles. The summed E-state index contributed by atoms with van der Waals surface area (Å²) in [4.78, 5) is 12.0. The molecule has 0 bridgehead atoms. The van der Waals surface area contributed by atoms with E-state index in [4.69, 9.17) is 0 Å². The summed E-state index contributed by atoms with van der Waals surface area (Å²) in [5.74, 6) is 0.762. The molecule has 0 saturated heterocycles. The molecule has 3 heteroatoms. The highest BCUT2D eigenvalue weighted by Crippen LogP contribution is 2.11. The van der Waals surface area contributed by atoms with Gasteiger partial charge in [0.25, 0.3) is 0 Å². The first-order chi connectivity index (χ1) is 8.57. The van der Waals surface area contributed by atoms with Gasteiger partial charge >= 0.3 is 0 Å². The molecule has 0 radical (unpaired) electrons. The maximum atomic E-state index is 11.6. The van der Waals surface area contributed by atoms with Gasteiger partial charge in [-0.3, -0.25) is 4.79 Å². The third kappa shape index (κ3) is 11.1. The van der Waals surface area contributed by atoms with Crippen LogP contribution in [-0.2, 0) is 4.79 Å². The number of amides is 1. The van der Waals surface area contributed by atoms with E-state index in [1.807, 2.05) is 0 Å². The van der Waals surface area contributed by atoms with Gasteiger partial charge < -0.3 is 5.32 Å². The normalized spacial score (nSPS) is 12.7. The molecule has 0 heterocycles. The van der Waals surface area contributed by atoms with Crippen molar-refractivity contribution in [1.29, 1.82) is 0 Å². The van der Waals surface area contributed by atoms with Gasteiger partial charge in [0, 0.05) is 17.8 Å². The number of alkyl halides is 1. The second-order valence-electron chi connectivity index (χ2n) is 5.44. The molecule has 0 aromatic carbocycles. The smallest absolute Gasteiger partial charge is 0.220 e. The van der Waals surface area contributed by atoms with Gasteiger partial charge in [-0.25, -0.2) is 0 Å². The molecule has 1 atom stereocenters. The van der Waals surface area contributed by atoms with E-state index >= 15 is 0 Å². The van der Waals surface area contributed by atoms with Crippen LogP contribution in [-0.4, -0.2) is 17.3 Å². The standard InChI is InChI=1S/C15H30BrNO/c1-4-5-6-7-8-9-10-11-15(18)17-12-14(16)13(2)3/h13-14H,4-12H2,1-3H3,(H,17,18). The molecule has 0 fully saturated rings. The summed E-state index contributed by atoms with van der Waals surface area (Å²) < 4.78 is 0. The van der Waals surface area contributed by atoms with E-state index in [-0.39, 0.29) is 5.91 Å². The monoisotopic (exact) mass is 319 g/mol. The van der Waals surface area contributed by atoms with Crippen LogP contribution >= 0.6 is 15.9 Å². The Kier molecular flexibility index (Phi) is 12.0. The van der Waals surface area contributed by atoms with Gasteiger partial charge in [-0.05, 0) is 12.3 Å². The zero-order valence-electron chi connectivity index (χ0n) is 12.3. The number of nitrogens with one attached hydrogen (secondary N) is 1. The molecule has 1 unspecified atom stereocenters. The Labute approximate surface area is 121 Å². The lowest BCUT2D eigenvalue weighted by Crippen LogP contribution is -2.31. The molecule has 2 nitrogen and oxygen atoms in total. The fourth-order valence-corrected chi connectivity index (χ4v) is 1.94. The minimum absolute atomic E-state index is 0.202. The highest BCUT2D eigenvalue weighted by molar-refractivity contribution is 9.09. The molecular weight excluding hydrogens is 290 g/mol. The largest absolute Gasteiger partial charge is 0.355 e. The van der Waals surface area contributed by atoms with Crippen LogP contribution < -0.4 is 5.32 Å². The Morgan fingerprint density at radius 3 is 2.17 bits per heavy atom. The average molecular weight is 320 g/mol. The molecule has 0 aromatic heterocycles. The Morgan fingerprint density at radius 2 is 1.61 bits per heavy atom. The second-order valence-corrected chi connectivity index (χ2v) is 6.61. The number of unbranched alkanes of at least 4 members (excludes halogenated alkanes) is 6. The van der Waals surface area contributed by atoms with Gasteiger partial charge in [0.1, 0.15) is 0 Å². The van der Waals surface area contributed by atoms with Gasteiger partial charge in [0.2, 0.25) is 5.91 Å². The number of carbonyl (C=O) groups is 1. The van der Waals surface area contributed by atoms with E-state index in [0.717, 1.165) is 13.0 Å². The van der Waals surface area contributed by atoms with Crippen molar-refractivity contribution in [2.45, 2.75) is 77.0 Å². The van der Waals surface area contributed by atoms with Crippen molar-refractivity contribution in [3.05, 3.63) is 0 Å². The Balaban J connectivity index is 3.32. The van der Waals surface area contributed by atoms with Crippen molar-refractivity contribution in [3.63, 3.8) is 0 Å². The maximum absolute atomic E-state index is 11.6. The first-order valence-electron chi connectivity index (χ1n) is 7.48. The predicted octanol–water partition coefficient (Wildman–Crippen LogP) is 4.66. The number of rotatable bonds is 11. The van der Waals surface area contributed by atoms with E-state index in [0.29, 0.717) is 17.2 Å². The lowest BCUT2D eigenvalue weighted by Gasteiger charge is -2.14. The average Bonchev–Trinajstić information content (AvgIpc) is 2.34. The van der Waals surface area contributed by atoms with E-state index in [9.17, 15) is 4.79 Å². The zero-order valence-corrected chi connectivity index (χ0v) is 13.9. The van der Waals surface area contributed by atoms with Crippen LogP contribution in [0.2, 0.25) is 0 Å². The van der Waals surface area contributed by atoms with Gasteiger partial charge in [-0.15, -0.1) is 0 Å². The Bertz CT molecular complexity index is 207. The summed E-state index contributed by atoms with van der Waals surface area (Å²) in [6.07, 6.45) is 9.51. The predicted molar refractivity (Wildman–Crippen MR) is 83.2 cm³/mol. The Hall–Kier alpha value is -0.0500. The summed E-state index contributed by atoms with van der Waals surface area (Å²) in [5.41, 5.74) is 0. The molecule has 18 heavy (non-hydrogen) atoms. The van der Waals surface area contributed by atoms with Crippen LogP contribution in [0.15, 0.2) is 0 Å². The molecule has 1 amide bonds. The molecule has 1 N–H and O–H groups in total. The van der Waals surface area contributed by atoms with Gasteiger partial charge in [-0.2, -0.15) is 0 Å². The third-order valence-corrected chi connectivity index (χ3v) is 4.61. The summed E-state index contributed by atoms with van der Waals surface area (Å²) in [6, 6.07) is 0. The van der Waals surface area contributed by atoms with Crippen molar-refractivity contribution in [2.24, 2.45) is 5.92 Å². The minimum atomic E-state index is 0.202. The topological polar surface area (TPSA) is 29.1 Å². The van der Waals surface area contributed by atoms with Crippen LogP contribution in [0, 0.1) is 5.92 Å². The first-order valence-corrected chi connectivity index (χ1v) is 8.40.